The van der Waals surface area contributed by atoms with E-state index in [2.05, 4.69) is 29.6 Å². The van der Waals surface area contributed by atoms with Crippen molar-refractivity contribution in [3.8, 4) is 11.5 Å². The fourth-order valence-corrected chi connectivity index (χ4v) is 3.56. The number of rotatable bonds is 10. The number of halogens is 2. The minimum Gasteiger partial charge on any atom is -0.496 e. The monoisotopic (exact) mass is 506 g/mol. The third-order valence-electron chi connectivity index (χ3n) is 5.04. The van der Waals surface area contributed by atoms with Gasteiger partial charge in [-0.3, -0.25) is 9.48 Å². The van der Waals surface area contributed by atoms with Gasteiger partial charge in [-0.05, 0) is 50.2 Å². The maximum absolute atomic E-state index is 12.9. The molecule has 1 heterocycles. The molecule has 0 bridgehead atoms. The molecule has 0 spiro atoms. The van der Waals surface area contributed by atoms with Crippen molar-refractivity contribution in [2.45, 2.75) is 33.9 Å². The minimum absolute atomic E-state index is 0. The summed E-state index contributed by atoms with van der Waals surface area (Å²) in [5.41, 5.74) is 3.75. The summed E-state index contributed by atoms with van der Waals surface area (Å²) in [7, 11) is 3.48. The number of aryl methyl sites for hydroxylation is 1. The third-order valence-corrected chi connectivity index (χ3v) is 5.28. The highest BCUT2D eigenvalue weighted by Crippen LogP contribution is 2.26. The van der Waals surface area contributed by atoms with Gasteiger partial charge in [0.2, 0.25) is 0 Å². The topological polar surface area (TPSA) is 77.4 Å². The van der Waals surface area contributed by atoms with Gasteiger partial charge in [-0.1, -0.05) is 31.5 Å². The van der Waals surface area contributed by atoms with Crippen molar-refractivity contribution in [1.82, 2.24) is 15.1 Å². The molecule has 0 fully saturated rings. The largest absolute Gasteiger partial charge is 0.496 e. The van der Waals surface area contributed by atoms with Crippen molar-refractivity contribution in [3.63, 3.8) is 0 Å². The van der Waals surface area contributed by atoms with Crippen LogP contribution in [0.25, 0.3) is 0 Å². The Morgan fingerprint density at radius 3 is 2.56 bits per heavy atom. The molecule has 3 rings (SSSR count). The van der Waals surface area contributed by atoms with Crippen LogP contribution in [0.2, 0.25) is 5.02 Å². The second-order valence-electron chi connectivity index (χ2n) is 8.30. The highest BCUT2D eigenvalue weighted by Gasteiger charge is 2.16. The lowest BCUT2D eigenvalue weighted by Crippen LogP contribution is -2.14. The smallest absolute Gasteiger partial charge is 0.276 e. The summed E-state index contributed by atoms with van der Waals surface area (Å²) in [5, 5.41) is 11.1. The standard InChI is InChI=1S/C25H31ClN4O3.ClH/c1-16(2)15-33-23-9-7-20(26)11-19(23)14-30-17(3)10-22(29-30)25(31)28-21-8-6-18(13-27-4)24(12-21)32-5;/h6-12,16,27H,13-15H2,1-5H3,(H,28,31);1H. The van der Waals surface area contributed by atoms with E-state index < -0.39 is 0 Å². The average molecular weight is 507 g/mol. The fraction of sp³-hybridized carbons (Fsp3) is 0.360. The number of amides is 1. The molecule has 34 heavy (non-hydrogen) atoms. The number of carbonyl (C=O) groups is 1. The zero-order chi connectivity index (χ0) is 24.0. The number of ether oxygens (including phenoxy) is 2. The summed E-state index contributed by atoms with van der Waals surface area (Å²) in [6.45, 7) is 7.84. The second kappa shape index (κ2) is 12.6. The predicted molar refractivity (Wildman–Crippen MR) is 139 cm³/mol. The lowest BCUT2D eigenvalue weighted by atomic mass is 10.1. The predicted octanol–water partition coefficient (Wildman–Crippen LogP) is 5.33. The second-order valence-corrected chi connectivity index (χ2v) is 8.73. The van der Waals surface area contributed by atoms with Crippen molar-refractivity contribution in [1.29, 1.82) is 0 Å². The van der Waals surface area contributed by atoms with Gasteiger partial charge in [-0.2, -0.15) is 5.10 Å². The molecule has 1 aromatic heterocycles. The Balaban J connectivity index is 0.00000408. The molecule has 0 saturated carbocycles. The van der Waals surface area contributed by atoms with Gasteiger partial charge >= 0.3 is 0 Å². The number of methoxy groups -OCH3 is 1. The number of aromatic nitrogens is 2. The molecule has 0 atom stereocenters. The molecule has 1 amide bonds. The first-order valence-electron chi connectivity index (χ1n) is 10.9. The van der Waals surface area contributed by atoms with Crippen LogP contribution < -0.4 is 20.1 Å². The molecule has 0 aliphatic carbocycles. The summed E-state index contributed by atoms with van der Waals surface area (Å²) in [5.74, 6) is 1.59. The first-order valence-corrected chi connectivity index (χ1v) is 11.3. The lowest BCUT2D eigenvalue weighted by molar-refractivity contribution is 0.102. The molecule has 0 unspecified atom stereocenters. The van der Waals surface area contributed by atoms with E-state index in [1.54, 1.807) is 23.9 Å². The van der Waals surface area contributed by atoms with Crippen molar-refractivity contribution in [2.75, 3.05) is 26.1 Å². The van der Waals surface area contributed by atoms with Crippen LogP contribution in [0.4, 0.5) is 5.69 Å². The van der Waals surface area contributed by atoms with Gasteiger partial charge < -0.3 is 20.1 Å². The minimum atomic E-state index is -0.289. The number of hydrogen-bond donors (Lipinski definition) is 2. The Kier molecular flexibility index (Phi) is 10.2. The first kappa shape index (κ1) is 27.5. The van der Waals surface area contributed by atoms with Crippen LogP contribution in [-0.2, 0) is 13.1 Å². The van der Waals surface area contributed by atoms with Crippen LogP contribution in [0.15, 0.2) is 42.5 Å². The van der Waals surface area contributed by atoms with Crippen molar-refractivity contribution in [2.24, 2.45) is 5.92 Å². The molecule has 0 saturated heterocycles. The molecule has 0 aliphatic heterocycles. The van der Waals surface area contributed by atoms with Crippen LogP contribution in [0.1, 0.15) is 41.2 Å². The number of benzene rings is 2. The summed E-state index contributed by atoms with van der Waals surface area (Å²) in [4.78, 5) is 12.9. The molecule has 2 aromatic carbocycles. The van der Waals surface area contributed by atoms with Gasteiger partial charge in [0.15, 0.2) is 5.69 Å². The Hall–Kier alpha value is -2.74. The highest BCUT2D eigenvalue weighted by molar-refractivity contribution is 6.30. The van der Waals surface area contributed by atoms with E-state index in [1.807, 2.05) is 44.3 Å². The molecular formula is C25H32Cl2N4O3. The summed E-state index contributed by atoms with van der Waals surface area (Å²) in [6, 6.07) is 12.9. The molecule has 0 radical (unpaired) electrons. The van der Waals surface area contributed by atoms with Gasteiger partial charge in [-0.15, -0.1) is 12.4 Å². The summed E-state index contributed by atoms with van der Waals surface area (Å²) >= 11 is 6.22. The van der Waals surface area contributed by atoms with E-state index >= 15 is 0 Å². The van der Waals surface area contributed by atoms with Crippen molar-refractivity contribution < 1.29 is 14.3 Å². The van der Waals surface area contributed by atoms with Crippen molar-refractivity contribution in [3.05, 3.63) is 70.0 Å². The normalized spacial score (nSPS) is 10.7. The molecule has 3 aromatic rings. The molecule has 7 nitrogen and oxygen atoms in total. The molecular weight excluding hydrogens is 475 g/mol. The summed E-state index contributed by atoms with van der Waals surface area (Å²) in [6.07, 6.45) is 0. The lowest BCUT2D eigenvalue weighted by Gasteiger charge is -2.14. The molecule has 2 N–H and O–H groups in total. The van der Waals surface area contributed by atoms with E-state index in [0.717, 1.165) is 22.6 Å². The third kappa shape index (κ3) is 7.13. The average Bonchev–Trinajstić information content (AvgIpc) is 3.14. The highest BCUT2D eigenvalue weighted by atomic mass is 35.5. The van der Waals surface area contributed by atoms with Gasteiger partial charge in [0, 0.05) is 40.1 Å². The van der Waals surface area contributed by atoms with Gasteiger partial charge in [-0.25, -0.2) is 0 Å². The maximum atomic E-state index is 12.9. The van der Waals surface area contributed by atoms with Gasteiger partial charge in [0.05, 0.1) is 20.3 Å². The Morgan fingerprint density at radius 1 is 1.12 bits per heavy atom. The van der Waals surface area contributed by atoms with E-state index in [9.17, 15) is 4.79 Å². The van der Waals surface area contributed by atoms with E-state index in [0.29, 0.717) is 47.8 Å². The van der Waals surface area contributed by atoms with E-state index in [1.165, 1.54) is 0 Å². The molecule has 0 aliphatic rings. The van der Waals surface area contributed by atoms with Crippen LogP contribution in [0.3, 0.4) is 0 Å². The number of hydrogen-bond acceptors (Lipinski definition) is 5. The number of carbonyl (C=O) groups excluding carboxylic acids is 1. The first-order chi connectivity index (χ1) is 15.8. The van der Waals surface area contributed by atoms with Gasteiger partial charge in [0.25, 0.3) is 5.91 Å². The number of anilines is 1. The van der Waals surface area contributed by atoms with E-state index in [4.69, 9.17) is 21.1 Å². The molecule has 9 heteroatoms. The van der Waals surface area contributed by atoms with E-state index in [-0.39, 0.29) is 18.3 Å². The Bertz CT molecular complexity index is 1120. The zero-order valence-electron chi connectivity index (χ0n) is 20.1. The quantitative estimate of drug-likeness (QED) is 0.388. The van der Waals surface area contributed by atoms with Gasteiger partial charge in [0.1, 0.15) is 11.5 Å². The van der Waals surface area contributed by atoms with Crippen LogP contribution >= 0.6 is 24.0 Å². The number of nitrogens with one attached hydrogen (secondary N) is 2. The van der Waals surface area contributed by atoms with Crippen LogP contribution in [0, 0.1) is 12.8 Å². The van der Waals surface area contributed by atoms with Crippen LogP contribution in [0.5, 0.6) is 11.5 Å². The number of nitrogens with zero attached hydrogens (tertiary/aromatic N) is 2. The SMILES string of the molecule is CNCc1ccc(NC(=O)c2cc(C)n(Cc3cc(Cl)ccc3OCC(C)C)n2)cc1OC.Cl. The Labute approximate surface area is 212 Å². The van der Waals surface area contributed by atoms with Crippen molar-refractivity contribution >= 4 is 35.6 Å². The van der Waals surface area contributed by atoms with Crippen LogP contribution in [-0.4, -0.2) is 36.5 Å². The maximum Gasteiger partial charge on any atom is 0.276 e. The Morgan fingerprint density at radius 2 is 1.88 bits per heavy atom. The molecule has 184 valence electrons. The fourth-order valence-electron chi connectivity index (χ4n) is 3.37. The zero-order valence-corrected chi connectivity index (χ0v) is 21.7. The summed E-state index contributed by atoms with van der Waals surface area (Å²) < 4.78 is 13.2.